The molecule has 0 aliphatic rings. The second-order valence-corrected chi connectivity index (χ2v) is 2.68. The van der Waals surface area contributed by atoms with Gasteiger partial charge in [0.05, 0.1) is 0 Å². The molecule has 17 heavy (non-hydrogen) atoms. The molecule has 0 saturated carbocycles. The van der Waals surface area contributed by atoms with Crippen LogP contribution < -0.4 is 29.4 Å². The van der Waals surface area contributed by atoms with Crippen molar-refractivity contribution in [1.82, 2.24) is 0 Å². The Hall–Kier alpha value is 4.67. The van der Waals surface area contributed by atoms with Crippen molar-refractivity contribution in [3.05, 3.63) is 0 Å². The van der Waals surface area contributed by atoms with Gasteiger partial charge < -0.3 is 44.0 Å². The van der Waals surface area contributed by atoms with Gasteiger partial charge in [-0.25, -0.2) is 0 Å². The fourth-order valence-electron chi connectivity index (χ4n) is 0. The van der Waals surface area contributed by atoms with Crippen molar-refractivity contribution >= 4 is 45.2 Å². The first-order valence-electron chi connectivity index (χ1n) is 1.46. The summed E-state index contributed by atoms with van der Waals surface area (Å²) in [7, 11) is -10.8. The Kier molecular flexibility index (Phi) is 97.6. The van der Waals surface area contributed by atoms with Gasteiger partial charge in [0.2, 0.25) is 0 Å². The van der Waals surface area contributed by atoms with Crippen molar-refractivity contribution in [3.8, 4) is 0 Å². The summed E-state index contributed by atoms with van der Waals surface area (Å²) < 4.78 is 17.1. The minimum absolute atomic E-state index is 0. The monoisotopic (exact) mass is 620 g/mol. The first-order chi connectivity index (χ1) is 4.00. The largest absolute Gasteiger partial charge is 4.00 e. The van der Waals surface area contributed by atoms with Crippen LogP contribution in [0.25, 0.3) is 0 Å². The molecule has 17 heteroatoms. The van der Waals surface area contributed by atoms with Crippen LogP contribution in [0.5, 0.6) is 0 Å². The third-order valence-corrected chi connectivity index (χ3v) is 0. The zero-order valence-corrected chi connectivity index (χ0v) is 22.1. The summed E-state index contributed by atoms with van der Waals surface area (Å²) in [5.41, 5.74) is 0. The molecule has 85 valence electrons. The molecule has 0 atom stereocenters. The van der Waals surface area contributed by atoms with Crippen LogP contribution in [0.15, 0.2) is 0 Å². The molecule has 0 heterocycles. The molecule has 0 aliphatic carbocycles. The van der Waals surface area contributed by atoms with E-state index in [1.807, 2.05) is 0 Å². The smallest absolute Gasteiger partial charge is 2.00 e. The Labute approximate surface area is 194 Å². The Morgan fingerprint density at radius 3 is 0.706 bits per heavy atom. The molecule has 0 amide bonds. The topological polar surface area (TPSA) is 201 Å². The SMILES string of the molecule is O=P([O-])([O-])[O-].O=P([O-])([O-])[O-].[Ag].[H+].[NaH].[O-2].[Zn+2].[Zn+2].[Zn+2].[Zr+4]. The molecule has 0 spiro atoms. The van der Waals surface area contributed by atoms with E-state index in [1.165, 1.54) is 0 Å². The fourth-order valence-corrected chi connectivity index (χ4v) is 0. The second kappa shape index (κ2) is 28.8. The van der Waals surface area contributed by atoms with Crippen LogP contribution in [-0.2, 0) is 122 Å². The molecule has 1 radical (unpaired) electrons. The van der Waals surface area contributed by atoms with E-state index in [-0.39, 0.29) is 143 Å². The van der Waals surface area contributed by atoms with Crippen molar-refractivity contribution in [3.63, 3.8) is 0 Å². The van der Waals surface area contributed by atoms with E-state index in [9.17, 15) is 0 Å². The summed E-state index contributed by atoms with van der Waals surface area (Å²) >= 11 is 0. The van der Waals surface area contributed by atoms with Crippen molar-refractivity contribution < 1.29 is 152 Å². The molecule has 0 saturated heterocycles. The summed E-state index contributed by atoms with van der Waals surface area (Å²) in [6, 6.07) is 0. The van der Waals surface area contributed by atoms with E-state index in [1.54, 1.807) is 0 Å². The maximum atomic E-state index is 8.55. The average molecular weight is 626 g/mol. The molecular formula is H2AgNaO9P2Zn3Zr+3. The summed E-state index contributed by atoms with van der Waals surface area (Å²) in [5, 5.41) is 0. The van der Waals surface area contributed by atoms with Crippen molar-refractivity contribution in [2.45, 2.75) is 0 Å². The number of hydrogen-bond acceptors (Lipinski definition) is 8. The summed E-state index contributed by atoms with van der Waals surface area (Å²) in [6.07, 6.45) is 0. The van der Waals surface area contributed by atoms with Gasteiger partial charge in [0.1, 0.15) is 0 Å². The average Bonchev–Trinajstić information content (AvgIpc) is 1.12. The maximum Gasteiger partial charge on any atom is 4.00 e. The van der Waals surface area contributed by atoms with Crippen LogP contribution in [0.1, 0.15) is 1.43 Å². The molecular weight excluding hydrogens is 624 g/mol. The molecule has 0 rings (SSSR count). The van der Waals surface area contributed by atoms with E-state index in [0.717, 1.165) is 0 Å². The van der Waals surface area contributed by atoms with E-state index in [0.29, 0.717) is 0 Å². The van der Waals surface area contributed by atoms with E-state index < -0.39 is 15.6 Å². The van der Waals surface area contributed by atoms with Gasteiger partial charge in [-0.1, -0.05) is 0 Å². The third-order valence-electron chi connectivity index (χ3n) is 0. The molecule has 0 unspecified atom stereocenters. The molecule has 0 fully saturated rings. The standard InChI is InChI=1S/Ag.Na.2H3O4P.O.3Zn.Zr.H/c;;2*1-5(2,3)4;;;;;;/h;;2*(H3,1,2,3,4);;;;;;/q;;;;-2;3*+2;+4;/p-5. The van der Waals surface area contributed by atoms with Crippen molar-refractivity contribution in [2.24, 2.45) is 0 Å². The molecule has 0 N–H and O–H groups in total. The van der Waals surface area contributed by atoms with Gasteiger partial charge in [-0.2, -0.15) is 15.6 Å². The quantitative estimate of drug-likeness (QED) is 0.187. The number of phosphoric acid groups is 2. The first kappa shape index (κ1) is 57.7. The van der Waals surface area contributed by atoms with Crippen LogP contribution in [0, 0.1) is 0 Å². The van der Waals surface area contributed by atoms with Crippen LogP contribution >= 0.6 is 15.6 Å². The maximum absolute atomic E-state index is 8.55. The van der Waals surface area contributed by atoms with Gasteiger partial charge in [-0.05, 0) is 0 Å². The summed E-state index contributed by atoms with van der Waals surface area (Å²) in [5.74, 6) is 0. The van der Waals surface area contributed by atoms with Crippen molar-refractivity contribution in [1.29, 1.82) is 0 Å². The number of rotatable bonds is 0. The zero-order chi connectivity index (χ0) is 9.00. The molecule has 0 aromatic carbocycles. The zero-order valence-electron chi connectivity index (χ0n) is 8.49. The predicted octanol–water partition coefficient (Wildman–Crippen LogP) is -6.32. The minimum atomic E-state index is -5.39. The van der Waals surface area contributed by atoms with E-state index in [4.69, 9.17) is 38.5 Å². The molecule has 0 aromatic heterocycles. The van der Waals surface area contributed by atoms with Gasteiger partial charge in [0, 0.05) is 22.4 Å². The summed E-state index contributed by atoms with van der Waals surface area (Å²) in [6.45, 7) is 0. The van der Waals surface area contributed by atoms with Crippen LogP contribution in [0.4, 0.5) is 0 Å². The Balaban J connectivity index is -0.00000000615. The second-order valence-electron chi connectivity index (χ2n) is 0.894. The fraction of sp³-hybridized carbons (Fsp3) is 0. The van der Waals surface area contributed by atoms with Gasteiger partial charge in [-0.3, -0.25) is 0 Å². The Bertz CT molecular complexity index is 152. The van der Waals surface area contributed by atoms with Gasteiger partial charge in [-0.15, -0.1) is 0 Å². The van der Waals surface area contributed by atoms with Crippen LogP contribution in [0.2, 0.25) is 0 Å². The molecule has 0 aliphatic heterocycles. The normalized spacial score (nSPS) is 6.94. The Morgan fingerprint density at radius 1 is 0.706 bits per heavy atom. The van der Waals surface area contributed by atoms with Crippen LogP contribution in [0.3, 0.4) is 0 Å². The Morgan fingerprint density at radius 2 is 0.706 bits per heavy atom. The van der Waals surface area contributed by atoms with Crippen LogP contribution in [-0.4, -0.2) is 29.6 Å². The molecule has 0 bridgehead atoms. The van der Waals surface area contributed by atoms with Crippen molar-refractivity contribution in [2.75, 3.05) is 0 Å². The van der Waals surface area contributed by atoms with Gasteiger partial charge >= 0.3 is 116 Å². The van der Waals surface area contributed by atoms with E-state index in [2.05, 4.69) is 0 Å². The molecule has 9 nitrogen and oxygen atoms in total. The van der Waals surface area contributed by atoms with Gasteiger partial charge in [0.15, 0.2) is 0 Å². The number of hydrogen-bond donors (Lipinski definition) is 0. The predicted molar refractivity (Wildman–Crippen MR) is 24.2 cm³/mol. The van der Waals surface area contributed by atoms with E-state index >= 15 is 0 Å². The summed E-state index contributed by atoms with van der Waals surface area (Å²) in [4.78, 5) is 51.3. The molecule has 0 aromatic rings. The third kappa shape index (κ3) is 330. The first-order valence-corrected chi connectivity index (χ1v) is 4.38. The minimum Gasteiger partial charge on any atom is -2.00 e. The van der Waals surface area contributed by atoms with Gasteiger partial charge in [0.25, 0.3) is 0 Å².